The number of carbonyl (C=O) groups excluding carboxylic acids is 1. The molecule has 0 aliphatic carbocycles. The van der Waals surface area contributed by atoms with Gasteiger partial charge in [-0.05, 0) is 48.4 Å². The average molecular weight is 543 g/mol. The van der Waals surface area contributed by atoms with Gasteiger partial charge in [-0.25, -0.2) is 0 Å². The summed E-state index contributed by atoms with van der Waals surface area (Å²) in [5.41, 5.74) is 1.92. The molecule has 2 N–H and O–H groups in total. The van der Waals surface area contributed by atoms with Gasteiger partial charge in [-0.1, -0.05) is 23.7 Å². The zero-order chi connectivity index (χ0) is 20.6. The summed E-state index contributed by atoms with van der Waals surface area (Å²) in [4.78, 5) is 18.8. The predicted molar refractivity (Wildman–Crippen MR) is 132 cm³/mol. The molecule has 6 nitrogen and oxygen atoms in total. The maximum Gasteiger partial charge on any atom is 0.251 e. The number of rotatable bonds is 6. The van der Waals surface area contributed by atoms with E-state index in [0.717, 1.165) is 31.2 Å². The van der Waals surface area contributed by atoms with Gasteiger partial charge in [0.15, 0.2) is 5.96 Å². The van der Waals surface area contributed by atoms with Gasteiger partial charge in [0.1, 0.15) is 5.75 Å². The molecule has 1 saturated heterocycles. The summed E-state index contributed by atoms with van der Waals surface area (Å²) in [5.74, 6) is 2.10. The van der Waals surface area contributed by atoms with Crippen LogP contribution in [-0.4, -0.2) is 57.1 Å². The lowest BCUT2D eigenvalue weighted by Crippen LogP contribution is -2.43. The summed E-state index contributed by atoms with van der Waals surface area (Å²) < 4.78 is 5.24. The SMILES string of the molecule is CN=C(NCCNC(=O)c1ccc(Cl)cc1)N1CCC(c2ccc(OC)cc2)C1.I. The lowest BCUT2D eigenvalue weighted by atomic mass is 9.98. The van der Waals surface area contributed by atoms with Crippen molar-refractivity contribution in [2.24, 2.45) is 4.99 Å². The molecule has 30 heavy (non-hydrogen) atoms. The van der Waals surface area contributed by atoms with Crippen LogP contribution in [0.25, 0.3) is 0 Å². The molecule has 1 amide bonds. The van der Waals surface area contributed by atoms with Gasteiger partial charge in [-0.15, -0.1) is 24.0 Å². The molecule has 0 bridgehead atoms. The number of carbonyl (C=O) groups is 1. The summed E-state index contributed by atoms with van der Waals surface area (Å²) in [5, 5.41) is 6.86. The van der Waals surface area contributed by atoms with E-state index < -0.39 is 0 Å². The smallest absolute Gasteiger partial charge is 0.251 e. The van der Waals surface area contributed by atoms with E-state index >= 15 is 0 Å². The van der Waals surface area contributed by atoms with Crippen molar-refractivity contribution >= 4 is 47.4 Å². The Hall–Kier alpha value is -2.00. The largest absolute Gasteiger partial charge is 0.497 e. The number of nitrogens with zero attached hydrogens (tertiary/aromatic N) is 2. The number of hydrogen-bond donors (Lipinski definition) is 2. The molecule has 0 spiro atoms. The van der Waals surface area contributed by atoms with E-state index in [1.165, 1.54) is 5.56 Å². The van der Waals surface area contributed by atoms with Crippen molar-refractivity contribution in [1.82, 2.24) is 15.5 Å². The van der Waals surface area contributed by atoms with Gasteiger partial charge >= 0.3 is 0 Å². The van der Waals surface area contributed by atoms with Gasteiger partial charge in [0.05, 0.1) is 7.11 Å². The molecule has 1 aliphatic rings. The molecule has 3 rings (SSSR count). The molecular weight excluding hydrogens is 515 g/mol. The summed E-state index contributed by atoms with van der Waals surface area (Å²) in [6.45, 7) is 2.99. The molecule has 1 fully saturated rings. The highest BCUT2D eigenvalue weighted by atomic mass is 127. The van der Waals surface area contributed by atoms with Crippen molar-refractivity contribution in [2.45, 2.75) is 12.3 Å². The van der Waals surface area contributed by atoms with Crippen LogP contribution in [0.5, 0.6) is 5.75 Å². The first-order chi connectivity index (χ1) is 14.1. The first kappa shape index (κ1) is 24.3. The van der Waals surface area contributed by atoms with E-state index in [1.807, 2.05) is 12.1 Å². The third-order valence-corrected chi connectivity index (χ3v) is 5.34. The van der Waals surface area contributed by atoms with Crippen LogP contribution < -0.4 is 15.4 Å². The highest BCUT2D eigenvalue weighted by molar-refractivity contribution is 14.0. The topological polar surface area (TPSA) is 66.0 Å². The van der Waals surface area contributed by atoms with Crippen molar-refractivity contribution < 1.29 is 9.53 Å². The van der Waals surface area contributed by atoms with Crippen LogP contribution in [0.4, 0.5) is 0 Å². The number of aliphatic imine (C=N–C) groups is 1. The van der Waals surface area contributed by atoms with Crippen molar-refractivity contribution in [3.8, 4) is 5.75 Å². The molecule has 0 radical (unpaired) electrons. The lowest BCUT2D eigenvalue weighted by Gasteiger charge is -2.22. The first-order valence-corrected chi connectivity index (χ1v) is 10.1. The minimum absolute atomic E-state index is 0. The fourth-order valence-electron chi connectivity index (χ4n) is 3.49. The summed E-state index contributed by atoms with van der Waals surface area (Å²) in [7, 11) is 3.47. The number of likely N-dealkylation sites (tertiary alicyclic amines) is 1. The van der Waals surface area contributed by atoms with Crippen LogP contribution >= 0.6 is 35.6 Å². The number of hydrogen-bond acceptors (Lipinski definition) is 3. The summed E-state index contributed by atoms with van der Waals surface area (Å²) in [6.07, 6.45) is 1.08. The molecule has 1 aliphatic heterocycles. The quantitative estimate of drug-likeness (QED) is 0.253. The minimum Gasteiger partial charge on any atom is -0.497 e. The average Bonchev–Trinajstić information content (AvgIpc) is 3.24. The van der Waals surface area contributed by atoms with E-state index in [4.69, 9.17) is 16.3 Å². The van der Waals surface area contributed by atoms with Gasteiger partial charge in [-0.2, -0.15) is 0 Å². The fourth-order valence-corrected chi connectivity index (χ4v) is 3.61. The number of nitrogens with one attached hydrogen (secondary N) is 2. The molecule has 0 saturated carbocycles. The number of ether oxygens (including phenoxy) is 1. The number of guanidine groups is 1. The fraction of sp³-hybridized carbons (Fsp3) is 0.364. The number of amides is 1. The van der Waals surface area contributed by atoms with Crippen LogP contribution in [0.3, 0.4) is 0 Å². The Balaban J connectivity index is 0.00000320. The second-order valence-electron chi connectivity index (χ2n) is 6.94. The summed E-state index contributed by atoms with van der Waals surface area (Å²) in [6, 6.07) is 15.1. The number of halogens is 2. The monoisotopic (exact) mass is 542 g/mol. The van der Waals surface area contributed by atoms with Crippen molar-refractivity contribution in [2.75, 3.05) is 40.3 Å². The molecule has 0 aromatic heterocycles. The molecule has 1 unspecified atom stereocenters. The second-order valence-corrected chi connectivity index (χ2v) is 7.38. The third kappa shape index (κ3) is 6.50. The number of methoxy groups -OCH3 is 1. The van der Waals surface area contributed by atoms with Crippen LogP contribution in [0.1, 0.15) is 28.3 Å². The van der Waals surface area contributed by atoms with E-state index in [1.54, 1.807) is 38.4 Å². The van der Waals surface area contributed by atoms with E-state index in [-0.39, 0.29) is 29.9 Å². The molecular formula is C22H28ClIN4O2. The van der Waals surface area contributed by atoms with Crippen LogP contribution in [0.2, 0.25) is 5.02 Å². The minimum atomic E-state index is -0.112. The highest BCUT2D eigenvalue weighted by Gasteiger charge is 2.26. The Morgan fingerprint density at radius 1 is 1.13 bits per heavy atom. The Morgan fingerprint density at radius 3 is 2.43 bits per heavy atom. The highest BCUT2D eigenvalue weighted by Crippen LogP contribution is 2.28. The summed E-state index contributed by atoms with van der Waals surface area (Å²) >= 11 is 5.85. The van der Waals surface area contributed by atoms with Crippen molar-refractivity contribution in [3.63, 3.8) is 0 Å². The van der Waals surface area contributed by atoms with Crippen molar-refractivity contribution in [3.05, 3.63) is 64.7 Å². The first-order valence-electron chi connectivity index (χ1n) is 9.74. The van der Waals surface area contributed by atoms with Crippen LogP contribution in [0.15, 0.2) is 53.5 Å². The van der Waals surface area contributed by atoms with Crippen LogP contribution in [0, 0.1) is 0 Å². The Kier molecular flexibility index (Phi) is 9.71. The lowest BCUT2D eigenvalue weighted by molar-refractivity contribution is 0.0954. The Labute approximate surface area is 200 Å². The zero-order valence-electron chi connectivity index (χ0n) is 17.2. The zero-order valence-corrected chi connectivity index (χ0v) is 20.3. The van der Waals surface area contributed by atoms with Gasteiger partial charge in [0.2, 0.25) is 0 Å². The maximum atomic E-state index is 12.1. The molecule has 8 heteroatoms. The number of benzene rings is 2. The second kappa shape index (κ2) is 12.0. The Morgan fingerprint density at radius 2 is 1.80 bits per heavy atom. The van der Waals surface area contributed by atoms with Gasteiger partial charge in [0.25, 0.3) is 5.91 Å². The predicted octanol–water partition coefficient (Wildman–Crippen LogP) is 3.76. The molecule has 2 aromatic carbocycles. The van der Waals surface area contributed by atoms with Gasteiger partial charge in [-0.3, -0.25) is 9.79 Å². The van der Waals surface area contributed by atoms with E-state index in [2.05, 4.69) is 32.7 Å². The normalized spacial score (nSPS) is 16.0. The van der Waals surface area contributed by atoms with Crippen molar-refractivity contribution in [1.29, 1.82) is 0 Å². The Bertz CT molecular complexity index is 843. The third-order valence-electron chi connectivity index (χ3n) is 5.09. The molecule has 1 atom stereocenters. The molecule has 162 valence electrons. The standard InChI is InChI=1S/C22H27ClN4O2.HI/c1-24-22(26-13-12-25-21(28)17-3-7-19(23)8-4-17)27-14-11-18(15-27)16-5-9-20(29-2)10-6-16;/h3-10,18H,11-15H2,1-2H3,(H,24,26)(H,25,28);1H. The molecule has 1 heterocycles. The van der Waals surface area contributed by atoms with Crippen LogP contribution in [-0.2, 0) is 0 Å². The van der Waals surface area contributed by atoms with Gasteiger partial charge in [0, 0.05) is 49.7 Å². The van der Waals surface area contributed by atoms with Gasteiger partial charge < -0.3 is 20.3 Å². The van der Waals surface area contributed by atoms with E-state index in [9.17, 15) is 4.79 Å². The van der Waals surface area contributed by atoms with E-state index in [0.29, 0.717) is 29.6 Å². The molecule has 2 aromatic rings. The maximum absolute atomic E-state index is 12.1.